The Hall–Kier alpha value is -1.11. The largest absolute Gasteiger partial charge is 0.294 e. The van der Waals surface area contributed by atoms with Gasteiger partial charge in [0.25, 0.3) is 0 Å². The third-order valence-electron chi connectivity index (χ3n) is 3.99. The average Bonchev–Trinajstić information content (AvgIpc) is 2.50. The van der Waals surface area contributed by atoms with Crippen LogP contribution in [-0.2, 0) is 6.42 Å². The van der Waals surface area contributed by atoms with Crippen molar-refractivity contribution in [2.45, 2.75) is 52.4 Å². The maximum atomic E-state index is 12.5. The van der Waals surface area contributed by atoms with Crippen molar-refractivity contribution in [3.8, 4) is 0 Å². The molecule has 0 radical (unpaired) electrons. The minimum Gasteiger partial charge on any atom is -0.294 e. The number of benzene rings is 1. The zero-order chi connectivity index (χ0) is 13.0. The Kier molecular flexibility index (Phi) is 4.57. The Morgan fingerprint density at radius 3 is 2.83 bits per heavy atom. The lowest BCUT2D eigenvalue weighted by atomic mass is 9.89. The van der Waals surface area contributed by atoms with E-state index in [0.29, 0.717) is 5.78 Å². The second-order valence-electron chi connectivity index (χ2n) is 5.94. The number of hydrogen-bond donors (Lipinski definition) is 0. The molecule has 1 atom stereocenters. The van der Waals surface area contributed by atoms with Gasteiger partial charge in [0.05, 0.1) is 0 Å². The van der Waals surface area contributed by atoms with Gasteiger partial charge in [-0.1, -0.05) is 51.0 Å². The summed E-state index contributed by atoms with van der Waals surface area (Å²) in [4.78, 5) is 12.5. The quantitative estimate of drug-likeness (QED) is 0.705. The third kappa shape index (κ3) is 3.22. The van der Waals surface area contributed by atoms with Crippen LogP contribution in [0.25, 0.3) is 0 Å². The van der Waals surface area contributed by atoms with Crippen LogP contribution in [0.2, 0.25) is 0 Å². The van der Waals surface area contributed by atoms with Crippen LogP contribution < -0.4 is 0 Å². The summed E-state index contributed by atoms with van der Waals surface area (Å²) in [6.07, 6.45) is 6.82. The molecule has 0 spiro atoms. The van der Waals surface area contributed by atoms with Crippen LogP contribution in [0, 0.1) is 11.8 Å². The van der Waals surface area contributed by atoms with Crippen molar-refractivity contribution >= 4 is 5.78 Å². The fourth-order valence-corrected chi connectivity index (χ4v) is 2.92. The summed E-state index contributed by atoms with van der Waals surface area (Å²) in [6.45, 7) is 4.51. The van der Waals surface area contributed by atoms with E-state index in [1.807, 2.05) is 18.2 Å². The van der Waals surface area contributed by atoms with Crippen LogP contribution in [0.1, 0.15) is 61.9 Å². The summed E-state index contributed by atoms with van der Waals surface area (Å²) in [7, 11) is 0. The van der Waals surface area contributed by atoms with E-state index in [-0.39, 0.29) is 5.92 Å². The first-order valence-corrected chi connectivity index (χ1v) is 7.30. The van der Waals surface area contributed by atoms with Crippen molar-refractivity contribution in [3.63, 3.8) is 0 Å². The molecule has 1 aliphatic rings. The fraction of sp³-hybridized carbons (Fsp3) is 0.588. The van der Waals surface area contributed by atoms with Gasteiger partial charge < -0.3 is 0 Å². The highest BCUT2D eigenvalue weighted by Crippen LogP contribution is 2.28. The number of rotatable bonds is 4. The monoisotopic (exact) mass is 244 g/mol. The van der Waals surface area contributed by atoms with E-state index in [1.165, 1.54) is 18.4 Å². The third-order valence-corrected chi connectivity index (χ3v) is 3.99. The van der Waals surface area contributed by atoms with E-state index in [0.717, 1.165) is 37.2 Å². The summed E-state index contributed by atoms with van der Waals surface area (Å²) in [6, 6.07) is 8.17. The number of Topliss-reactive ketones (excluding diaryl/α,β-unsaturated/α-hetero) is 1. The van der Waals surface area contributed by atoms with Crippen LogP contribution in [0.5, 0.6) is 0 Å². The van der Waals surface area contributed by atoms with Crippen LogP contribution in [-0.4, -0.2) is 5.78 Å². The zero-order valence-corrected chi connectivity index (χ0v) is 11.6. The van der Waals surface area contributed by atoms with Crippen molar-refractivity contribution in [3.05, 3.63) is 35.4 Å². The van der Waals surface area contributed by atoms with E-state index in [1.54, 1.807) is 0 Å². The van der Waals surface area contributed by atoms with Gasteiger partial charge in [-0.2, -0.15) is 0 Å². The maximum absolute atomic E-state index is 12.5. The summed E-state index contributed by atoms with van der Waals surface area (Å²) >= 11 is 0. The molecule has 1 unspecified atom stereocenters. The van der Waals surface area contributed by atoms with E-state index in [4.69, 9.17) is 0 Å². The minimum atomic E-state index is 0.271. The molecule has 0 saturated carbocycles. The molecule has 0 bridgehead atoms. The number of ketones is 1. The number of hydrogen-bond acceptors (Lipinski definition) is 1. The molecule has 0 N–H and O–H groups in total. The van der Waals surface area contributed by atoms with E-state index >= 15 is 0 Å². The highest BCUT2D eigenvalue weighted by molar-refractivity contribution is 5.99. The first-order valence-electron chi connectivity index (χ1n) is 7.30. The number of carbonyl (C=O) groups excluding carboxylic acids is 1. The van der Waals surface area contributed by atoms with Crippen LogP contribution >= 0.6 is 0 Å². The van der Waals surface area contributed by atoms with Gasteiger partial charge >= 0.3 is 0 Å². The van der Waals surface area contributed by atoms with Gasteiger partial charge in [-0.3, -0.25) is 4.79 Å². The van der Waals surface area contributed by atoms with Gasteiger partial charge in [0.2, 0.25) is 0 Å². The SMILES string of the molecule is CC(C)CCCC1CCCc2ccccc2C1=O. The molecule has 1 aromatic rings. The number of fused-ring (bicyclic) bond motifs is 1. The number of aryl methyl sites for hydroxylation is 1. The zero-order valence-electron chi connectivity index (χ0n) is 11.6. The molecule has 1 heteroatoms. The van der Waals surface area contributed by atoms with Crippen molar-refractivity contribution in [1.29, 1.82) is 0 Å². The molecule has 0 amide bonds. The van der Waals surface area contributed by atoms with Crippen molar-refractivity contribution in [2.75, 3.05) is 0 Å². The second kappa shape index (κ2) is 6.17. The second-order valence-corrected chi connectivity index (χ2v) is 5.94. The molecule has 0 fully saturated rings. The minimum absolute atomic E-state index is 0.271. The van der Waals surface area contributed by atoms with Crippen molar-refractivity contribution < 1.29 is 4.79 Å². The molecule has 18 heavy (non-hydrogen) atoms. The average molecular weight is 244 g/mol. The Balaban J connectivity index is 2.03. The summed E-state index contributed by atoms with van der Waals surface area (Å²) < 4.78 is 0. The first kappa shape index (κ1) is 13.3. The van der Waals surface area contributed by atoms with Gasteiger partial charge in [0.15, 0.2) is 5.78 Å². The van der Waals surface area contributed by atoms with Gasteiger partial charge in [-0.15, -0.1) is 0 Å². The maximum Gasteiger partial charge on any atom is 0.166 e. The topological polar surface area (TPSA) is 17.1 Å². The van der Waals surface area contributed by atoms with Gasteiger partial charge in [0, 0.05) is 11.5 Å². The van der Waals surface area contributed by atoms with Crippen molar-refractivity contribution in [1.82, 2.24) is 0 Å². The standard InChI is InChI=1S/C17H24O/c1-13(2)7-5-10-15-11-6-9-14-8-3-4-12-16(14)17(15)18/h3-4,8,12-13,15H,5-7,9-11H2,1-2H3. The lowest BCUT2D eigenvalue weighted by Gasteiger charge is -2.14. The lowest BCUT2D eigenvalue weighted by molar-refractivity contribution is 0.0906. The van der Waals surface area contributed by atoms with Gasteiger partial charge in [-0.25, -0.2) is 0 Å². The molecule has 98 valence electrons. The normalized spacial score (nSPS) is 19.7. The van der Waals surface area contributed by atoms with Crippen molar-refractivity contribution in [2.24, 2.45) is 11.8 Å². The van der Waals surface area contributed by atoms with E-state index in [2.05, 4.69) is 19.9 Å². The van der Waals surface area contributed by atoms with E-state index < -0.39 is 0 Å². The molecule has 1 aromatic carbocycles. The van der Waals surface area contributed by atoms with E-state index in [9.17, 15) is 4.79 Å². The molecule has 0 aliphatic heterocycles. The van der Waals surface area contributed by atoms with Gasteiger partial charge in [-0.05, 0) is 37.2 Å². The Morgan fingerprint density at radius 1 is 1.28 bits per heavy atom. The lowest BCUT2D eigenvalue weighted by Crippen LogP contribution is -2.14. The van der Waals surface area contributed by atoms with Crippen LogP contribution in [0.15, 0.2) is 24.3 Å². The first-order chi connectivity index (χ1) is 8.68. The summed E-state index contributed by atoms with van der Waals surface area (Å²) in [5.41, 5.74) is 2.25. The summed E-state index contributed by atoms with van der Waals surface area (Å²) in [5, 5.41) is 0. The number of carbonyl (C=O) groups is 1. The molecule has 0 heterocycles. The molecule has 1 aliphatic carbocycles. The highest BCUT2D eigenvalue weighted by Gasteiger charge is 2.24. The summed E-state index contributed by atoms with van der Waals surface area (Å²) in [5.74, 6) is 1.41. The van der Waals surface area contributed by atoms with Crippen LogP contribution in [0.3, 0.4) is 0 Å². The fourth-order valence-electron chi connectivity index (χ4n) is 2.92. The smallest absolute Gasteiger partial charge is 0.166 e. The molecule has 1 nitrogen and oxygen atoms in total. The Morgan fingerprint density at radius 2 is 2.06 bits per heavy atom. The molecule has 2 rings (SSSR count). The molecular formula is C17H24O. The Labute approximate surface area is 111 Å². The molecule has 0 saturated heterocycles. The van der Waals surface area contributed by atoms with Crippen LogP contribution in [0.4, 0.5) is 0 Å². The predicted molar refractivity (Wildman–Crippen MR) is 75.9 cm³/mol. The highest BCUT2D eigenvalue weighted by atomic mass is 16.1. The Bertz CT molecular complexity index is 406. The molecular weight excluding hydrogens is 220 g/mol. The predicted octanol–water partition coefficient (Wildman–Crippen LogP) is 4.65. The van der Waals surface area contributed by atoms with Gasteiger partial charge in [0.1, 0.15) is 0 Å². The molecule has 0 aromatic heterocycles.